The second-order valence-electron chi connectivity index (χ2n) is 4.16. The molecular formula is C13H14BrF2N3O. The fourth-order valence-corrected chi connectivity index (χ4v) is 2.60. The number of aryl methyl sites for hydroxylation is 1. The van der Waals surface area contributed by atoms with Crippen LogP contribution in [0.3, 0.4) is 0 Å². The molecule has 0 bridgehead atoms. The second kappa shape index (κ2) is 5.88. The van der Waals surface area contributed by atoms with Gasteiger partial charge in [0.1, 0.15) is 5.69 Å². The quantitative estimate of drug-likeness (QED) is 0.866. The molecule has 20 heavy (non-hydrogen) atoms. The van der Waals surface area contributed by atoms with Crippen molar-refractivity contribution < 1.29 is 13.5 Å². The third-order valence-corrected chi connectivity index (χ3v) is 3.87. The Hall–Kier alpha value is -1.47. The molecule has 2 aromatic rings. The molecule has 0 aliphatic heterocycles. The molecule has 2 N–H and O–H groups in total. The number of nitrogens with zero attached hydrogens (tertiary/aromatic N) is 2. The van der Waals surface area contributed by atoms with E-state index in [0.29, 0.717) is 23.6 Å². The molecule has 1 aromatic heterocycles. The van der Waals surface area contributed by atoms with Crippen molar-refractivity contribution in [1.82, 2.24) is 9.78 Å². The number of methoxy groups -OCH3 is 1. The molecule has 7 heteroatoms. The summed E-state index contributed by atoms with van der Waals surface area (Å²) in [6, 6.07) is 1.81. The van der Waals surface area contributed by atoms with E-state index >= 15 is 0 Å². The second-order valence-corrected chi connectivity index (χ2v) is 4.95. The van der Waals surface area contributed by atoms with Crippen LogP contribution in [0.2, 0.25) is 0 Å². The molecule has 1 aromatic carbocycles. The van der Waals surface area contributed by atoms with Crippen LogP contribution >= 0.6 is 15.9 Å². The van der Waals surface area contributed by atoms with Crippen LogP contribution in [0.1, 0.15) is 24.2 Å². The zero-order valence-electron chi connectivity index (χ0n) is 11.0. The number of benzene rings is 1. The van der Waals surface area contributed by atoms with Gasteiger partial charge in [-0.3, -0.25) is 4.68 Å². The standard InChI is InChI=1S/C13H14BrF2N3O/c1-3-19-13(9(20-2)6-18-19)12(17)7-4-5-8(15)11(16)10(7)14/h4-6,12H,3,17H2,1-2H3. The van der Waals surface area contributed by atoms with E-state index in [2.05, 4.69) is 21.0 Å². The van der Waals surface area contributed by atoms with Gasteiger partial charge in [-0.25, -0.2) is 8.78 Å². The zero-order valence-corrected chi connectivity index (χ0v) is 12.6. The Labute approximate surface area is 123 Å². The highest BCUT2D eigenvalue weighted by Gasteiger charge is 2.23. The largest absolute Gasteiger partial charge is 0.493 e. The topological polar surface area (TPSA) is 53.1 Å². The Bertz CT molecular complexity index is 609. The lowest BCUT2D eigenvalue weighted by molar-refractivity contribution is 0.404. The zero-order chi connectivity index (χ0) is 14.9. The minimum absolute atomic E-state index is 0.0101. The minimum atomic E-state index is -0.959. The lowest BCUT2D eigenvalue weighted by Crippen LogP contribution is -2.19. The van der Waals surface area contributed by atoms with Gasteiger partial charge in [-0.15, -0.1) is 0 Å². The van der Waals surface area contributed by atoms with E-state index in [1.54, 1.807) is 10.9 Å². The molecule has 0 radical (unpaired) electrons. The number of hydrogen-bond donors (Lipinski definition) is 1. The molecule has 0 saturated heterocycles. The van der Waals surface area contributed by atoms with Crippen LogP contribution in [-0.4, -0.2) is 16.9 Å². The van der Waals surface area contributed by atoms with Gasteiger partial charge in [0.2, 0.25) is 0 Å². The number of ether oxygens (including phenoxy) is 1. The maximum atomic E-state index is 13.6. The van der Waals surface area contributed by atoms with E-state index < -0.39 is 17.7 Å². The molecule has 0 saturated carbocycles. The maximum absolute atomic E-state index is 13.6. The smallest absolute Gasteiger partial charge is 0.173 e. The van der Waals surface area contributed by atoms with E-state index in [1.807, 2.05) is 6.92 Å². The van der Waals surface area contributed by atoms with Gasteiger partial charge < -0.3 is 10.5 Å². The SMILES string of the molecule is CCn1ncc(OC)c1C(N)c1ccc(F)c(F)c1Br. The molecule has 1 heterocycles. The monoisotopic (exact) mass is 345 g/mol. The van der Waals surface area contributed by atoms with Gasteiger partial charge >= 0.3 is 0 Å². The van der Waals surface area contributed by atoms with Crippen molar-refractivity contribution in [2.45, 2.75) is 19.5 Å². The third kappa shape index (κ3) is 2.43. The van der Waals surface area contributed by atoms with E-state index in [4.69, 9.17) is 10.5 Å². The normalized spacial score (nSPS) is 12.5. The number of aromatic nitrogens is 2. The first-order valence-corrected chi connectivity index (χ1v) is 6.79. The van der Waals surface area contributed by atoms with Crippen LogP contribution < -0.4 is 10.5 Å². The molecule has 4 nitrogen and oxygen atoms in total. The maximum Gasteiger partial charge on any atom is 0.173 e. The van der Waals surface area contributed by atoms with Gasteiger partial charge in [-0.1, -0.05) is 6.07 Å². The summed E-state index contributed by atoms with van der Waals surface area (Å²) in [7, 11) is 1.51. The van der Waals surface area contributed by atoms with Crippen molar-refractivity contribution in [3.63, 3.8) is 0 Å². The van der Waals surface area contributed by atoms with Gasteiger partial charge in [0.15, 0.2) is 17.4 Å². The Kier molecular flexibility index (Phi) is 4.39. The van der Waals surface area contributed by atoms with Crippen LogP contribution in [0.4, 0.5) is 8.78 Å². The van der Waals surface area contributed by atoms with E-state index in [0.717, 1.165) is 6.07 Å². The van der Waals surface area contributed by atoms with Crippen LogP contribution in [0.15, 0.2) is 22.8 Å². The number of rotatable bonds is 4. The number of nitrogens with two attached hydrogens (primary N) is 1. The number of halogens is 3. The Morgan fingerprint density at radius 1 is 1.45 bits per heavy atom. The van der Waals surface area contributed by atoms with Crippen molar-refractivity contribution in [2.24, 2.45) is 5.73 Å². The summed E-state index contributed by atoms with van der Waals surface area (Å²) in [4.78, 5) is 0. The summed E-state index contributed by atoms with van der Waals surface area (Å²) in [6.45, 7) is 2.50. The summed E-state index contributed by atoms with van der Waals surface area (Å²) in [6.07, 6.45) is 1.55. The van der Waals surface area contributed by atoms with Crippen LogP contribution in [0.25, 0.3) is 0 Å². The fraction of sp³-hybridized carbons (Fsp3) is 0.308. The van der Waals surface area contributed by atoms with Crippen molar-refractivity contribution in [3.8, 4) is 5.75 Å². The highest BCUT2D eigenvalue weighted by molar-refractivity contribution is 9.10. The Morgan fingerprint density at radius 3 is 2.75 bits per heavy atom. The van der Waals surface area contributed by atoms with Gasteiger partial charge in [0.25, 0.3) is 0 Å². The van der Waals surface area contributed by atoms with Crippen molar-refractivity contribution in [3.05, 3.63) is 45.7 Å². The first kappa shape index (κ1) is 14.9. The van der Waals surface area contributed by atoms with Gasteiger partial charge in [0.05, 0.1) is 23.8 Å². The fourth-order valence-electron chi connectivity index (χ4n) is 2.03. The van der Waals surface area contributed by atoms with Gasteiger partial charge in [0, 0.05) is 6.54 Å². The van der Waals surface area contributed by atoms with Crippen molar-refractivity contribution in [2.75, 3.05) is 7.11 Å². The summed E-state index contributed by atoms with van der Waals surface area (Å²) >= 11 is 3.04. The average molecular weight is 346 g/mol. The molecule has 108 valence electrons. The van der Waals surface area contributed by atoms with Crippen LogP contribution in [0, 0.1) is 11.6 Å². The van der Waals surface area contributed by atoms with Crippen LogP contribution in [0.5, 0.6) is 5.75 Å². The van der Waals surface area contributed by atoms with E-state index in [9.17, 15) is 8.78 Å². The third-order valence-electron chi connectivity index (χ3n) is 3.06. The lowest BCUT2D eigenvalue weighted by atomic mass is 10.0. The molecule has 2 rings (SSSR count). The average Bonchev–Trinajstić information content (AvgIpc) is 2.87. The first-order valence-electron chi connectivity index (χ1n) is 5.99. The summed E-state index contributed by atoms with van der Waals surface area (Å²) in [5.74, 6) is -1.38. The summed E-state index contributed by atoms with van der Waals surface area (Å²) < 4.78 is 33.7. The highest BCUT2D eigenvalue weighted by atomic mass is 79.9. The Morgan fingerprint density at radius 2 is 2.15 bits per heavy atom. The lowest BCUT2D eigenvalue weighted by Gasteiger charge is -2.17. The summed E-state index contributed by atoms with van der Waals surface area (Å²) in [5.41, 5.74) is 7.21. The first-order chi connectivity index (χ1) is 9.51. The van der Waals surface area contributed by atoms with Crippen LogP contribution in [-0.2, 0) is 6.54 Å². The molecule has 0 fully saturated rings. The van der Waals surface area contributed by atoms with E-state index in [1.165, 1.54) is 13.2 Å². The highest BCUT2D eigenvalue weighted by Crippen LogP contribution is 2.33. The molecule has 0 spiro atoms. The predicted octanol–water partition coefficient (Wildman–Crippen LogP) is 3.00. The Balaban J connectivity index is 2.54. The molecule has 0 amide bonds. The minimum Gasteiger partial charge on any atom is -0.493 e. The molecule has 0 aliphatic carbocycles. The van der Waals surface area contributed by atoms with Gasteiger partial charge in [-0.05, 0) is 34.5 Å². The molecule has 0 aliphatic rings. The number of hydrogen-bond acceptors (Lipinski definition) is 3. The van der Waals surface area contributed by atoms with Crippen molar-refractivity contribution >= 4 is 15.9 Å². The molecule has 1 unspecified atom stereocenters. The van der Waals surface area contributed by atoms with Gasteiger partial charge in [-0.2, -0.15) is 5.10 Å². The van der Waals surface area contributed by atoms with E-state index in [-0.39, 0.29) is 4.47 Å². The molecule has 1 atom stereocenters. The van der Waals surface area contributed by atoms with Crippen molar-refractivity contribution in [1.29, 1.82) is 0 Å². The predicted molar refractivity (Wildman–Crippen MR) is 74.5 cm³/mol. The molecular weight excluding hydrogens is 332 g/mol. The summed E-state index contributed by atoms with van der Waals surface area (Å²) in [5, 5.41) is 4.15.